The predicted octanol–water partition coefficient (Wildman–Crippen LogP) is 2.54. The number of hydrogen-bond donors (Lipinski definition) is 2. The maximum Gasteiger partial charge on any atom is 0.306 e. The molecule has 0 spiro atoms. The summed E-state index contributed by atoms with van der Waals surface area (Å²) in [5.74, 6) is 1.07. The summed E-state index contributed by atoms with van der Waals surface area (Å²) in [5, 5.41) is 8.53. The number of imidazole rings is 1. The molecule has 0 amide bonds. The highest BCUT2D eigenvalue weighted by Crippen LogP contribution is 2.21. The maximum absolute atomic E-state index is 10.4. The number of hydrogen-bond acceptors (Lipinski definition) is 3. The summed E-state index contributed by atoms with van der Waals surface area (Å²) in [4.78, 5) is 18.1. The number of H-pyrrole nitrogens is 1. The molecule has 2 N–H and O–H groups in total. The Morgan fingerprint density at radius 2 is 2.28 bits per heavy atom. The van der Waals surface area contributed by atoms with Crippen molar-refractivity contribution in [1.82, 2.24) is 9.97 Å². The Morgan fingerprint density at radius 3 is 2.94 bits per heavy atom. The van der Waals surface area contributed by atoms with E-state index < -0.39 is 5.97 Å². The van der Waals surface area contributed by atoms with E-state index in [1.807, 2.05) is 12.1 Å². The number of benzene rings is 1. The smallest absolute Gasteiger partial charge is 0.306 e. The van der Waals surface area contributed by atoms with Gasteiger partial charge in [0.05, 0.1) is 24.1 Å². The van der Waals surface area contributed by atoms with E-state index in [1.165, 1.54) is 0 Å². The monoisotopic (exact) mass is 248 g/mol. The second-order valence-electron chi connectivity index (χ2n) is 4.45. The van der Waals surface area contributed by atoms with Crippen molar-refractivity contribution in [2.45, 2.75) is 26.2 Å². The summed E-state index contributed by atoms with van der Waals surface area (Å²) in [7, 11) is 0. The Morgan fingerprint density at radius 1 is 1.50 bits per heavy atom. The summed E-state index contributed by atoms with van der Waals surface area (Å²) in [6.07, 6.45) is -0.00173. The fourth-order valence-corrected chi connectivity index (χ4v) is 1.63. The highest BCUT2D eigenvalue weighted by molar-refractivity contribution is 5.76. The van der Waals surface area contributed by atoms with E-state index in [2.05, 4.69) is 23.8 Å². The SMILES string of the molecule is CC(C)c1nc2ccc(OCCC(=O)O)cc2[nH]1. The number of aromatic nitrogens is 2. The Bertz CT molecular complexity index is 560. The van der Waals surface area contributed by atoms with Crippen LogP contribution in [0.1, 0.15) is 32.0 Å². The largest absolute Gasteiger partial charge is 0.493 e. The topological polar surface area (TPSA) is 75.2 Å². The Balaban J connectivity index is 2.14. The van der Waals surface area contributed by atoms with Crippen LogP contribution in [0.4, 0.5) is 0 Å². The van der Waals surface area contributed by atoms with Crippen molar-refractivity contribution in [2.75, 3.05) is 6.61 Å². The number of carboxylic acids is 1. The zero-order chi connectivity index (χ0) is 13.1. The first-order valence-electron chi connectivity index (χ1n) is 5.90. The molecule has 0 unspecified atom stereocenters. The molecule has 0 aliphatic rings. The van der Waals surface area contributed by atoms with Gasteiger partial charge in [-0.15, -0.1) is 0 Å². The van der Waals surface area contributed by atoms with E-state index in [0.29, 0.717) is 11.7 Å². The van der Waals surface area contributed by atoms with Crippen LogP contribution in [0, 0.1) is 0 Å². The van der Waals surface area contributed by atoms with Crippen LogP contribution in [-0.2, 0) is 4.79 Å². The summed E-state index contributed by atoms with van der Waals surface area (Å²) in [6.45, 7) is 4.32. The third kappa shape index (κ3) is 2.80. The van der Waals surface area contributed by atoms with Gasteiger partial charge in [-0.25, -0.2) is 4.98 Å². The van der Waals surface area contributed by atoms with Crippen LogP contribution in [-0.4, -0.2) is 27.7 Å². The minimum atomic E-state index is -0.861. The first kappa shape index (κ1) is 12.4. The van der Waals surface area contributed by atoms with Gasteiger partial charge >= 0.3 is 5.97 Å². The molecule has 0 radical (unpaired) electrons. The summed E-state index contributed by atoms with van der Waals surface area (Å²) < 4.78 is 5.37. The van der Waals surface area contributed by atoms with Gasteiger partial charge in [0.25, 0.3) is 0 Å². The molecule has 1 aromatic heterocycles. The number of carboxylic acid groups (broad SMARTS) is 1. The average molecular weight is 248 g/mol. The summed E-state index contributed by atoms with van der Waals surface area (Å²) in [5.41, 5.74) is 1.80. The van der Waals surface area contributed by atoms with Crippen LogP contribution in [0.2, 0.25) is 0 Å². The highest BCUT2D eigenvalue weighted by atomic mass is 16.5. The van der Waals surface area contributed by atoms with Gasteiger partial charge in [-0.05, 0) is 12.1 Å². The van der Waals surface area contributed by atoms with E-state index in [-0.39, 0.29) is 13.0 Å². The van der Waals surface area contributed by atoms with Crippen molar-refractivity contribution in [1.29, 1.82) is 0 Å². The van der Waals surface area contributed by atoms with Gasteiger partial charge < -0.3 is 14.8 Å². The molecular formula is C13H16N2O3. The van der Waals surface area contributed by atoms with E-state index in [0.717, 1.165) is 16.9 Å². The van der Waals surface area contributed by atoms with Crippen LogP contribution >= 0.6 is 0 Å². The Kier molecular flexibility index (Phi) is 3.50. The fourth-order valence-electron chi connectivity index (χ4n) is 1.63. The Hall–Kier alpha value is -2.04. The van der Waals surface area contributed by atoms with Crippen molar-refractivity contribution < 1.29 is 14.6 Å². The number of fused-ring (bicyclic) bond motifs is 1. The van der Waals surface area contributed by atoms with Crippen molar-refractivity contribution in [3.05, 3.63) is 24.0 Å². The fraction of sp³-hybridized carbons (Fsp3) is 0.385. The zero-order valence-corrected chi connectivity index (χ0v) is 10.4. The molecule has 0 atom stereocenters. The minimum absolute atomic E-state index is 0.00173. The third-order valence-electron chi connectivity index (χ3n) is 2.60. The molecule has 1 aromatic carbocycles. The minimum Gasteiger partial charge on any atom is -0.493 e. The first-order valence-corrected chi connectivity index (χ1v) is 5.90. The zero-order valence-electron chi connectivity index (χ0n) is 10.4. The molecule has 0 saturated carbocycles. The molecule has 0 aliphatic carbocycles. The lowest BCUT2D eigenvalue weighted by Gasteiger charge is -2.03. The van der Waals surface area contributed by atoms with Gasteiger partial charge in [0, 0.05) is 12.0 Å². The first-order chi connectivity index (χ1) is 8.56. The molecule has 0 saturated heterocycles. The van der Waals surface area contributed by atoms with Crippen LogP contribution in [0.3, 0.4) is 0 Å². The van der Waals surface area contributed by atoms with Crippen molar-refractivity contribution in [3.63, 3.8) is 0 Å². The second-order valence-corrected chi connectivity index (χ2v) is 4.45. The van der Waals surface area contributed by atoms with Gasteiger partial charge in [0.2, 0.25) is 0 Å². The average Bonchev–Trinajstić information content (AvgIpc) is 2.71. The number of ether oxygens (including phenoxy) is 1. The van der Waals surface area contributed by atoms with E-state index in [9.17, 15) is 4.79 Å². The van der Waals surface area contributed by atoms with Crippen molar-refractivity contribution in [2.24, 2.45) is 0 Å². The lowest BCUT2D eigenvalue weighted by molar-refractivity contribution is -0.137. The number of aliphatic carboxylic acids is 1. The van der Waals surface area contributed by atoms with Crippen LogP contribution in [0.5, 0.6) is 5.75 Å². The molecule has 2 aromatic rings. The predicted molar refractivity (Wildman–Crippen MR) is 67.9 cm³/mol. The molecule has 0 fully saturated rings. The van der Waals surface area contributed by atoms with Gasteiger partial charge in [0.1, 0.15) is 11.6 Å². The molecule has 5 heteroatoms. The quantitative estimate of drug-likeness (QED) is 0.852. The van der Waals surface area contributed by atoms with Crippen LogP contribution in [0.15, 0.2) is 18.2 Å². The molecule has 0 aliphatic heterocycles. The summed E-state index contributed by atoms with van der Waals surface area (Å²) >= 11 is 0. The van der Waals surface area contributed by atoms with E-state index in [1.54, 1.807) is 6.07 Å². The van der Waals surface area contributed by atoms with E-state index in [4.69, 9.17) is 9.84 Å². The molecule has 18 heavy (non-hydrogen) atoms. The standard InChI is InChI=1S/C13H16N2O3/c1-8(2)13-14-10-4-3-9(7-11(10)15-13)18-6-5-12(16)17/h3-4,7-8H,5-6H2,1-2H3,(H,14,15)(H,16,17). The number of nitrogens with zero attached hydrogens (tertiary/aromatic N) is 1. The normalized spacial score (nSPS) is 11.1. The number of rotatable bonds is 5. The molecule has 5 nitrogen and oxygen atoms in total. The number of carbonyl (C=O) groups is 1. The summed E-state index contributed by atoms with van der Waals surface area (Å²) in [6, 6.07) is 5.51. The lowest BCUT2D eigenvalue weighted by atomic mass is 10.2. The highest BCUT2D eigenvalue weighted by Gasteiger charge is 2.07. The second kappa shape index (κ2) is 5.08. The van der Waals surface area contributed by atoms with Gasteiger partial charge in [-0.2, -0.15) is 0 Å². The van der Waals surface area contributed by atoms with Crippen molar-refractivity contribution in [3.8, 4) is 5.75 Å². The molecule has 0 bridgehead atoms. The van der Waals surface area contributed by atoms with Gasteiger partial charge in [0.15, 0.2) is 0 Å². The van der Waals surface area contributed by atoms with E-state index >= 15 is 0 Å². The molecular weight excluding hydrogens is 232 g/mol. The number of aromatic amines is 1. The third-order valence-corrected chi connectivity index (χ3v) is 2.60. The lowest BCUT2D eigenvalue weighted by Crippen LogP contribution is -2.04. The van der Waals surface area contributed by atoms with Crippen molar-refractivity contribution >= 4 is 17.0 Å². The van der Waals surface area contributed by atoms with Gasteiger partial charge in [-0.3, -0.25) is 4.79 Å². The van der Waals surface area contributed by atoms with Crippen LogP contribution < -0.4 is 4.74 Å². The maximum atomic E-state index is 10.4. The van der Waals surface area contributed by atoms with Gasteiger partial charge in [-0.1, -0.05) is 13.8 Å². The molecule has 2 rings (SSSR count). The number of nitrogens with one attached hydrogen (secondary N) is 1. The molecule has 1 heterocycles. The van der Waals surface area contributed by atoms with Crippen LogP contribution in [0.25, 0.3) is 11.0 Å². The molecule has 96 valence electrons. The Labute approximate surface area is 105 Å².